The molecule has 0 spiro atoms. The number of aryl methyl sites for hydroxylation is 1. The zero-order chi connectivity index (χ0) is 20.2. The number of benzene rings is 1. The predicted molar refractivity (Wildman–Crippen MR) is 113 cm³/mol. The third-order valence-electron chi connectivity index (χ3n) is 5.81. The lowest BCUT2D eigenvalue weighted by molar-refractivity contribution is 0.0723. The molecule has 2 fully saturated rings. The number of rotatable bonds is 3. The SMILES string of the molecule is Cc1cccc(N2CCN(C(=O)c3cncc(C(=O)N4CCCCC4)c3)CC2)c1. The Bertz CT molecular complexity index is 884. The molecule has 2 aromatic rings. The topological polar surface area (TPSA) is 56.8 Å². The number of piperazine rings is 1. The first kappa shape index (κ1) is 19.4. The number of hydrogen-bond acceptors (Lipinski definition) is 4. The maximum absolute atomic E-state index is 13.0. The van der Waals surface area contributed by atoms with Gasteiger partial charge in [-0.05, 0) is 49.9 Å². The lowest BCUT2D eigenvalue weighted by atomic mass is 10.1. The first-order valence-electron chi connectivity index (χ1n) is 10.5. The van der Waals surface area contributed by atoms with Crippen LogP contribution in [0.1, 0.15) is 45.5 Å². The van der Waals surface area contributed by atoms with Gasteiger partial charge >= 0.3 is 0 Å². The molecule has 0 N–H and O–H groups in total. The van der Waals surface area contributed by atoms with Gasteiger partial charge in [0.25, 0.3) is 11.8 Å². The molecule has 0 atom stereocenters. The van der Waals surface area contributed by atoms with Crippen LogP contribution in [0.25, 0.3) is 0 Å². The van der Waals surface area contributed by atoms with Crippen LogP contribution in [0.15, 0.2) is 42.7 Å². The number of aromatic nitrogens is 1. The van der Waals surface area contributed by atoms with Gasteiger partial charge in [0, 0.05) is 57.3 Å². The van der Waals surface area contributed by atoms with Crippen molar-refractivity contribution in [1.29, 1.82) is 0 Å². The van der Waals surface area contributed by atoms with Crippen LogP contribution in [0.3, 0.4) is 0 Å². The van der Waals surface area contributed by atoms with Crippen LogP contribution < -0.4 is 4.90 Å². The van der Waals surface area contributed by atoms with Crippen molar-refractivity contribution in [3.8, 4) is 0 Å². The van der Waals surface area contributed by atoms with Gasteiger partial charge in [0.05, 0.1) is 11.1 Å². The highest BCUT2D eigenvalue weighted by atomic mass is 16.2. The van der Waals surface area contributed by atoms with Crippen LogP contribution in [0.2, 0.25) is 0 Å². The van der Waals surface area contributed by atoms with E-state index in [0.717, 1.165) is 39.0 Å². The lowest BCUT2D eigenvalue weighted by Crippen LogP contribution is -2.48. The summed E-state index contributed by atoms with van der Waals surface area (Å²) in [4.78, 5) is 35.9. The molecule has 29 heavy (non-hydrogen) atoms. The van der Waals surface area contributed by atoms with Gasteiger partial charge < -0.3 is 14.7 Å². The summed E-state index contributed by atoms with van der Waals surface area (Å²) in [7, 11) is 0. The minimum Gasteiger partial charge on any atom is -0.368 e. The maximum Gasteiger partial charge on any atom is 0.255 e. The largest absolute Gasteiger partial charge is 0.368 e. The van der Waals surface area contributed by atoms with E-state index in [0.29, 0.717) is 24.2 Å². The zero-order valence-corrected chi connectivity index (χ0v) is 17.0. The number of anilines is 1. The highest BCUT2D eigenvalue weighted by Crippen LogP contribution is 2.19. The van der Waals surface area contributed by atoms with E-state index in [-0.39, 0.29) is 11.8 Å². The summed E-state index contributed by atoms with van der Waals surface area (Å²) >= 11 is 0. The number of hydrogen-bond donors (Lipinski definition) is 0. The number of amides is 2. The molecule has 1 aromatic carbocycles. The Labute approximate surface area is 172 Å². The normalized spacial score (nSPS) is 17.3. The van der Waals surface area contributed by atoms with E-state index in [2.05, 4.69) is 41.1 Å². The minimum atomic E-state index is -0.0466. The average Bonchev–Trinajstić information content (AvgIpc) is 2.79. The molecule has 2 saturated heterocycles. The Morgan fingerprint density at radius 1 is 0.793 bits per heavy atom. The molecule has 4 rings (SSSR count). The van der Waals surface area contributed by atoms with Gasteiger partial charge in [-0.2, -0.15) is 0 Å². The summed E-state index contributed by atoms with van der Waals surface area (Å²) < 4.78 is 0. The number of piperidine rings is 1. The van der Waals surface area contributed by atoms with E-state index in [1.54, 1.807) is 18.5 Å². The molecule has 2 aliphatic heterocycles. The highest BCUT2D eigenvalue weighted by Gasteiger charge is 2.24. The van der Waals surface area contributed by atoms with Crippen molar-refractivity contribution in [3.63, 3.8) is 0 Å². The van der Waals surface area contributed by atoms with Crippen molar-refractivity contribution in [1.82, 2.24) is 14.8 Å². The van der Waals surface area contributed by atoms with E-state index in [1.165, 1.54) is 17.7 Å². The Hall–Kier alpha value is -2.89. The van der Waals surface area contributed by atoms with E-state index >= 15 is 0 Å². The van der Waals surface area contributed by atoms with Crippen LogP contribution in [-0.2, 0) is 0 Å². The molecule has 6 heteroatoms. The molecule has 2 amide bonds. The Morgan fingerprint density at radius 2 is 1.41 bits per heavy atom. The maximum atomic E-state index is 13.0. The predicted octanol–water partition coefficient (Wildman–Crippen LogP) is 2.98. The smallest absolute Gasteiger partial charge is 0.255 e. The molecule has 1 aromatic heterocycles. The minimum absolute atomic E-state index is 0.0175. The van der Waals surface area contributed by atoms with E-state index in [4.69, 9.17) is 0 Å². The molecule has 0 unspecified atom stereocenters. The molecule has 152 valence electrons. The van der Waals surface area contributed by atoms with Gasteiger partial charge in [-0.3, -0.25) is 14.6 Å². The van der Waals surface area contributed by atoms with E-state index in [9.17, 15) is 9.59 Å². The summed E-state index contributed by atoms with van der Waals surface area (Å²) in [6.45, 7) is 6.60. The van der Waals surface area contributed by atoms with Crippen LogP contribution in [0, 0.1) is 6.92 Å². The molecule has 6 nitrogen and oxygen atoms in total. The number of pyridine rings is 1. The van der Waals surface area contributed by atoms with Crippen molar-refractivity contribution < 1.29 is 9.59 Å². The Kier molecular flexibility index (Phi) is 5.79. The van der Waals surface area contributed by atoms with E-state index < -0.39 is 0 Å². The molecule has 0 radical (unpaired) electrons. The number of nitrogens with zero attached hydrogens (tertiary/aromatic N) is 4. The number of carbonyl (C=O) groups is 2. The van der Waals surface area contributed by atoms with Gasteiger partial charge in [0.15, 0.2) is 0 Å². The summed E-state index contributed by atoms with van der Waals surface area (Å²) in [6.07, 6.45) is 6.41. The molecule has 3 heterocycles. The monoisotopic (exact) mass is 392 g/mol. The fraction of sp³-hybridized carbons (Fsp3) is 0.435. The van der Waals surface area contributed by atoms with Gasteiger partial charge in [0.1, 0.15) is 0 Å². The molecule has 0 aliphatic carbocycles. The molecule has 2 aliphatic rings. The van der Waals surface area contributed by atoms with Crippen molar-refractivity contribution in [2.45, 2.75) is 26.2 Å². The standard InChI is InChI=1S/C23H28N4O2/c1-18-6-5-7-21(14-18)25-10-12-27(13-11-25)23(29)20-15-19(16-24-17-20)22(28)26-8-3-2-4-9-26/h5-7,14-17H,2-4,8-13H2,1H3. The fourth-order valence-electron chi connectivity index (χ4n) is 4.13. The quantitative estimate of drug-likeness (QED) is 0.806. The first-order chi connectivity index (χ1) is 14.1. The van der Waals surface area contributed by atoms with Crippen LogP contribution in [0.4, 0.5) is 5.69 Å². The molecular formula is C23H28N4O2. The van der Waals surface area contributed by atoms with Gasteiger partial charge in [0.2, 0.25) is 0 Å². The zero-order valence-electron chi connectivity index (χ0n) is 17.0. The molecule has 0 bridgehead atoms. The molecular weight excluding hydrogens is 364 g/mol. The summed E-state index contributed by atoms with van der Waals surface area (Å²) in [5.74, 6) is -0.0641. The second-order valence-corrected chi connectivity index (χ2v) is 7.93. The second-order valence-electron chi connectivity index (χ2n) is 7.93. The van der Waals surface area contributed by atoms with Gasteiger partial charge in [-0.1, -0.05) is 12.1 Å². The number of likely N-dealkylation sites (tertiary alicyclic amines) is 1. The second kappa shape index (κ2) is 8.64. The summed E-state index contributed by atoms with van der Waals surface area (Å²) in [5.41, 5.74) is 3.45. The van der Waals surface area contributed by atoms with Crippen LogP contribution in [0.5, 0.6) is 0 Å². The van der Waals surface area contributed by atoms with Crippen LogP contribution >= 0.6 is 0 Å². The summed E-state index contributed by atoms with van der Waals surface area (Å²) in [6, 6.07) is 10.2. The first-order valence-corrected chi connectivity index (χ1v) is 10.5. The van der Waals surface area contributed by atoms with Crippen molar-refractivity contribution >= 4 is 17.5 Å². The van der Waals surface area contributed by atoms with Crippen molar-refractivity contribution in [2.75, 3.05) is 44.2 Å². The van der Waals surface area contributed by atoms with E-state index in [1.807, 2.05) is 9.80 Å². The van der Waals surface area contributed by atoms with Crippen molar-refractivity contribution in [3.05, 3.63) is 59.4 Å². The lowest BCUT2D eigenvalue weighted by Gasteiger charge is -2.36. The van der Waals surface area contributed by atoms with Gasteiger partial charge in [-0.25, -0.2) is 0 Å². The molecule has 0 saturated carbocycles. The third-order valence-corrected chi connectivity index (χ3v) is 5.81. The van der Waals surface area contributed by atoms with Crippen molar-refractivity contribution in [2.24, 2.45) is 0 Å². The number of carbonyl (C=O) groups excluding carboxylic acids is 2. The van der Waals surface area contributed by atoms with Crippen LogP contribution in [-0.4, -0.2) is 65.9 Å². The fourth-order valence-corrected chi connectivity index (χ4v) is 4.13. The van der Waals surface area contributed by atoms with Gasteiger partial charge in [-0.15, -0.1) is 0 Å². The Morgan fingerprint density at radius 3 is 2.03 bits per heavy atom. The average molecular weight is 393 g/mol. The Balaban J connectivity index is 1.40. The highest BCUT2D eigenvalue weighted by molar-refractivity contribution is 5.99. The third kappa shape index (κ3) is 4.42. The summed E-state index contributed by atoms with van der Waals surface area (Å²) in [5, 5.41) is 0.